The summed E-state index contributed by atoms with van der Waals surface area (Å²) < 4.78 is 22.1. The van der Waals surface area contributed by atoms with Gasteiger partial charge in [0.15, 0.2) is 11.5 Å². The molecule has 4 rings (SSSR count). The predicted molar refractivity (Wildman–Crippen MR) is 91.2 cm³/mol. The number of carbonyl (C=O) groups is 2. The highest BCUT2D eigenvalue weighted by Crippen LogP contribution is 2.45. The fraction of sp³-hybridized carbons (Fsp3) is 0.579. The van der Waals surface area contributed by atoms with Crippen LogP contribution in [0.5, 0.6) is 17.2 Å². The van der Waals surface area contributed by atoms with Crippen LogP contribution >= 0.6 is 0 Å². The van der Waals surface area contributed by atoms with Gasteiger partial charge in [-0.2, -0.15) is 0 Å². The third-order valence-corrected chi connectivity index (χ3v) is 5.49. The maximum absolute atomic E-state index is 12.8. The molecule has 2 aliphatic heterocycles. The van der Waals surface area contributed by atoms with Crippen molar-refractivity contribution in [1.82, 2.24) is 5.32 Å². The zero-order valence-corrected chi connectivity index (χ0v) is 14.8. The van der Waals surface area contributed by atoms with Crippen molar-refractivity contribution in [2.45, 2.75) is 44.2 Å². The van der Waals surface area contributed by atoms with Crippen molar-refractivity contribution in [3.8, 4) is 17.2 Å². The number of esters is 1. The van der Waals surface area contributed by atoms with E-state index in [1.54, 1.807) is 13.2 Å². The number of nitrogens with one attached hydrogen (secondary N) is 1. The summed E-state index contributed by atoms with van der Waals surface area (Å²) in [5.74, 6) is 1.08. The molecule has 1 N–H and O–H groups in total. The molecule has 2 heterocycles. The lowest BCUT2D eigenvalue weighted by molar-refractivity contribution is -0.149. The molecule has 1 aromatic rings. The largest absolute Gasteiger partial charge is 0.496 e. The molecule has 1 spiro atoms. The molecule has 0 aromatic heterocycles. The van der Waals surface area contributed by atoms with Crippen LogP contribution in [-0.2, 0) is 20.9 Å². The summed E-state index contributed by atoms with van der Waals surface area (Å²) >= 11 is 0. The monoisotopic (exact) mass is 361 g/mol. The Morgan fingerprint density at radius 2 is 1.92 bits per heavy atom. The third kappa shape index (κ3) is 2.95. The molecule has 2 fully saturated rings. The number of benzene rings is 1. The van der Waals surface area contributed by atoms with Crippen LogP contribution in [0.3, 0.4) is 0 Å². The Hall–Kier alpha value is -2.44. The number of methoxy groups -OCH3 is 1. The third-order valence-electron chi connectivity index (χ3n) is 5.49. The van der Waals surface area contributed by atoms with Crippen LogP contribution < -0.4 is 19.5 Å². The first-order valence-corrected chi connectivity index (χ1v) is 9.07. The van der Waals surface area contributed by atoms with Crippen molar-refractivity contribution in [1.29, 1.82) is 0 Å². The second kappa shape index (κ2) is 6.70. The number of fused-ring (bicyclic) bond motifs is 1. The molecule has 1 aliphatic carbocycles. The van der Waals surface area contributed by atoms with E-state index in [0.29, 0.717) is 37.0 Å². The molecule has 26 heavy (non-hydrogen) atoms. The predicted octanol–water partition coefficient (Wildman–Crippen LogP) is 1.96. The Balaban J connectivity index is 1.48. The van der Waals surface area contributed by atoms with E-state index in [1.807, 2.05) is 6.07 Å². The Morgan fingerprint density at radius 1 is 1.23 bits per heavy atom. The van der Waals surface area contributed by atoms with E-state index in [1.165, 1.54) is 0 Å². The molecule has 1 saturated heterocycles. The van der Waals surface area contributed by atoms with Crippen LogP contribution in [0.15, 0.2) is 12.1 Å². The second-order valence-electron chi connectivity index (χ2n) is 7.03. The normalized spacial score (nSPS) is 23.0. The van der Waals surface area contributed by atoms with Crippen molar-refractivity contribution in [2.75, 3.05) is 20.3 Å². The highest BCUT2D eigenvalue weighted by atomic mass is 16.6. The molecular weight excluding hydrogens is 338 g/mol. The molecule has 3 aliphatic rings. The maximum atomic E-state index is 12.8. The maximum Gasteiger partial charge on any atom is 0.307 e. The average molecular weight is 361 g/mol. The molecule has 1 atom stereocenters. The van der Waals surface area contributed by atoms with Gasteiger partial charge in [-0.05, 0) is 31.7 Å². The van der Waals surface area contributed by atoms with Gasteiger partial charge >= 0.3 is 5.97 Å². The van der Waals surface area contributed by atoms with E-state index >= 15 is 0 Å². The van der Waals surface area contributed by atoms with Gasteiger partial charge in [-0.3, -0.25) is 9.59 Å². The van der Waals surface area contributed by atoms with E-state index in [2.05, 4.69) is 5.32 Å². The van der Waals surface area contributed by atoms with Crippen LogP contribution in [-0.4, -0.2) is 37.8 Å². The summed E-state index contributed by atoms with van der Waals surface area (Å²) in [6.45, 7) is 1.29. The average Bonchev–Trinajstić information content (AvgIpc) is 3.25. The first-order valence-electron chi connectivity index (χ1n) is 9.07. The van der Waals surface area contributed by atoms with Crippen molar-refractivity contribution in [3.63, 3.8) is 0 Å². The van der Waals surface area contributed by atoms with Crippen molar-refractivity contribution >= 4 is 11.9 Å². The highest BCUT2D eigenvalue weighted by molar-refractivity contribution is 5.88. The summed E-state index contributed by atoms with van der Waals surface area (Å²) in [6.07, 6.45) is 3.68. The van der Waals surface area contributed by atoms with Gasteiger partial charge in [0, 0.05) is 18.2 Å². The van der Waals surface area contributed by atoms with Crippen LogP contribution in [0.2, 0.25) is 0 Å². The molecular formula is C19H23NO6. The van der Waals surface area contributed by atoms with E-state index in [9.17, 15) is 9.59 Å². The summed E-state index contributed by atoms with van der Waals surface area (Å²) in [4.78, 5) is 24.6. The minimum atomic E-state index is -0.599. The Labute approximate surface area is 151 Å². The molecule has 1 saturated carbocycles. The van der Waals surface area contributed by atoms with E-state index in [-0.39, 0.29) is 18.3 Å². The molecule has 7 nitrogen and oxygen atoms in total. The number of hydrogen-bond donors (Lipinski definition) is 1. The lowest BCUT2D eigenvalue weighted by Gasteiger charge is -2.28. The van der Waals surface area contributed by atoms with Crippen molar-refractivity contribution in [3.05, 3.63) is 17.7 Å². The zero-order valence-electron chi connectivity index (χ0n) is 14.8. The Morgan fingerprint density at radius 3 is 2.62 bits per heavy atom. The first kappa shape index (κ1) is 17.0. The lowest BCUT2D eigenvalue weighted by atomic mass is 9.85. The Kier molecular flexibility index (Phi) is 4.38. The second-order valence-corrected chi connectivity index (χ2v) is 7.03. The van der Waals surface area contributed by atoms with E-state index < -0.39 is 11.5 Å². The van der Waals surface area contributed by atoms with Crippen LogP contribution in [0, 0.1) is 5.92 Å². The fourth-order valence-electron chi connectivity index (χ4n) is 4.19. The first-order chi connectivity index (χ1) is 12.6. The van der Waals surface area contributed by atoms with Gasteiger partial charge in [-0.15, -0.1) is 0 Å². The summed E-state index contributed by atoms with van der Waals surface area (Å²) in [6, 6.07) is 3.60. The molecule has 0 radical (unpaired) electrons. The molecule has 7 heteroatoms. The SMILES string of the molecule is COc1cc2c(cc1CNC(=O)[C@H]1CC(=O)OC13CCCC3)OCCO2. The van der Waals surface area contributed by atoms with Gasteiger partial charge in [0.25, 0.3) is 0 Å². The standard InChI is InChI=1S/C19H23NO6/c1-23-14-10-16-15(24-6-7-25-16)8-12(14)11-20-18(22)13-9-17(21)26-19(13)4-2-3-5-19/h8,10,13H,2-7,9,11H2,1H3,(H,20,22)/t13-/m1/s1. The minimum Gasteiger partial charge on any atom is -0.496 e. The number of hydrogen-bond acceptors (Lipinski definition) is 6. The number of amides is 1. The van der Waals surface area contributed by atoms with Crippen LogP contribution in [0.4, 0.5) is 0 Å². The summed E-state index contributed by atoms with van der Waals surface area (Å²) in [7, 11) is 1.58. The smallest absolute Gasteiger partial charge is 0.307 e. The van der Waals surface area contributed by atoms with Crippen molar-refractivity contribution < 1.29 is 28.5 Å². The summed E-state index contributed by atoms with van der Waals surface area (Å²) in [5.41, 5.74) is 0.203. The topological polar surface area (TPSA) is 83.1 Å². The fourth-order valence-corrected chi connectivity index (χ4v) is 4.19. The minimum absolute atomic E-state index is 0.144. The van der Waals surface area contributed by atoms with Crippen LogP contribution in [0.1, 0.15) is 37.7 Å². The van der Waals surface area contributed by atoms with Crippen LogP contribution in [0.25, 0.3) is 0 Å². The number of carbonyl (C=O) groups excluding carboxylic acids is 2. The van der Waals surface area contributed by atoms with E-state index in [4.69, 9.17) is 18.9 Å². The quantitative estimate of drug-likeness (QED) is 0.826. The Bertz CT molecular complexity index is 725. The van der Waals surface area contributed by atoms with Gasteiger partial charge in [-0.1, -0.05) is 0 Å². The van der Waals surface area contributed by atoms with Gasteiger partial charge < -0.3 is 24.3 Å². The lowest BCUT2D eigenvalue weighted by Crippen LogP contribution is -2.42. The molecule has 1 aromatic carbocycles. The highest BCUT2D eigenvalue weighted by Gasteiger charge is 2.53. The van der Waals surface area contributed by atoms with Gasteiger partial charge in [0.2, 0.25) is 5.91 Å². The van der Waals surface area contributed by atoms with Crippen molar-refractivity contribution in [2.24, 2.45) is 5.92 Å². The van der Waals surface area contributed by atoms with Gasteiger partial charge in [0.1, 0.15) is 24.6 Å². The number of rotatable bonds is 4. The van der Waals surface area contributed by atoms with Gasteiger partial charge in [-0.25, -0.2) is 0 Å². The molecule has 0 bridgehead atoms. The molecule has 140 valence electrons. The van der Waals surface area contributed by atoms with Gasteiger partial charge in [0.05, 0.1) is 19.4 Å². The van der Waals surface area contributed by atoms with E-state index in [0.717, 1.165) is 31.2 Å². The summed E-state index contributed by atoms with van der Waals surface area (Å²) in [5, 5.41) is 2.95. The zero-order chi connectivity index (χ0) is 18.1. The molecule has 0 unspecified atom stereocenters. The molecule has 1 amide bonds. The number of ether oxygens (including phenoxy) is 4.